The van der Waals surface area contributed by atoms with Crippen molar-refractivity contribution in [2.75, 3.05) is 5.32 Å². The minimum Gasteiger partial charge on any atom is -0.444 e. The number of pyridine rings is 1. The Balaban J connectivity index is 1.98. The number of amides is 1. The number of nitrogens with zero attached hydrogens (tertiary/aromatic N) is 1. The first-order valence-electron chi connectivity index (χ1n) is 5.92. The molecule has 0 aliphatic heterocycles. The fraction of sp³-hybridized carbons (Fsp3) is 0.143. The SMILES string of the molecule is O=C(Nc1c(CO)ccnc1Cl)OCc1ccccc1. The van der Waals surface area contributed by atoms with E-state index >= 15 is 0 Å². The van der Waals surface area contributed by atoms with E-state index in [1.165, 1.54) is 6.20 Å². The lowest BCUT2D eigenvalue weighted by Gasteiger charge is -2.11. The third-order valence-corrected chi connectivity index (χ3v) is 2.89. The largest absolute Gasteiger partial charge is 0.444 e. The van der Waals surface area contributed by atoms with Crippen LogP contribution in [0.1, 0.15) is 11.1 Å². The fourth-order valence-electron chi connectivity index (χ4n) is 1.60. The number of benzene rings is 1. The quantitative estimate of drug-likeness (QED) is 0.850. The number of aromatic nitrogens is 1. The zero-order chi connectivity index (χ0) is 14.4. The van der Waals surface area contributed by atoms with Crippen LogP contribution in [0, 0.1) is 0 Å². The average molecular weight is 293 g/mol. The van der Waals surface area contributed by atoms with Crippen molar-refractivity contribution in [1.82, 2.24) is 4.98 Å². The minimum atomic E-state index is -0.654. The smallest absolute Gasteiger partial charge is 0.412 e. The van der Waals surface area contributed by atoms with Crippen molar-refractivity contribution in [2.24, 2.45) is 0 Å². The molecule has 0 unspecified atom stereocenters. The van der Waals surface area contributed by atoms with Gasteiger partial charge in [-0.15, -0.1) is 0 Å². The molecule has 0 aliphatic rings. The Morgan fingerprint density at radius 2 is 2.05 bits per heavy atom. The monoisotopic (exact) mass is 292 g/mol. The van der Waals surface area contributed by atoms with Gasteiger partial charge < -0.3 is 9.84 Å². The molecule has 5 nitrogen and oxygen atoms in total. The number of ether oxygens (including phenoxy) is 1. The third kappa shape index (κ3) is 3.69. The van der Waals surface area contributed by atoms with Crippen molar-refractivity contribution < 1.29 is 14.6 Å². The summed E-state index contributed by atoms with van der Waals surface area (Å²) in [6.07, 6.45) is 0.799. The Morgan fingerprint density at radius 3 is 2.75 bits per heavy atom. The van der Waals surface area contributed by atoms with Gasteiger partial charge in [-0.25, -0.2) is 9.78 Å². The molecular weight excluding hydrogens is 280 g/mol. The molecule has 1 heterocycles. The van der Waals surface area contributed by atoms with E-state index in [1.54, 1.807) is 6.07 Å². The molecule has 0 saturated heterocycles. The van der Waals surface area contributed by atoms with Crippen LogP contribution in [0.4, 0.5) is 10.5 Å². The Hall–Kier alpha value is -2.11. The van der Waals surface area contributed by atoms with Gasteiger partial charge >= 0.3 is 6.09 Å². The van der Waals surface area contributed by atoms with Gasteiger partial charge in [0, 0.05) is 11.8 Å². The van der Waals surface area contributed by atoms with Crippen LogP contribution in [-0.4, -0.2) is 16.2 Å². The Bertz CT molecular complexity index is 590. The molecule has 2 N–H and O–H groups in total. The van der Waals surface area contributed by atoms with Crippen LogP contribution in [0.5, 0.6) is 0 Å². The van der Waals surface area contributed by atoms with E-state index in [1.807, 2.05) is 30.3 Å². The molecule has 1 amide bonds. The van der Waals surface area contributed by atoms with Gasteiger partial charge in [-0.05, 0) is 11.6 Å². The Labute approximate surface area is 121 Å². The van der Waals surface area contributed by atoms with E-state index in [0.717, 1.165) is 5.56 Å². The second-order valence-corrected chi connectivity index (χ2v) is 4.34. The number of hydrogen-bond acceptors (Lipinski definition) is 4. The summed E-state index contributed by atoms with van der Waals surface area (Å²) in [6.45, 7) is -0.102. The lowest BCUT2D eigenvalue weighted by atomic mass is 10.2. The number of hydrogen-bond donors (Lipinski definition) is 2. The summed E-state index contributed by atoms with van der Waals surface area (Å²) >= 11 is 5.88. The molecule has 0 radical (unpaired) electrons. The number of rotatable bonds is 4. The number of carbonyl (C=O) groups excluding carboxylic acids is 1. The zero-order valence-corrected chi connectivity index (χ0v) is 11.3. The van der Waals surface area contributed by atoms with E-state index in [-0.39, 0.29) is 24.1 Å². The highest BCUT2D eigenvalue weighted by molar-refractivity contribution is 6.32. The van der Waals surface area contributed by atoms with E-state index in [2.05, 4.69) is 10.3 Å². The van der Waals surface area contributed by atoms with Gasteiger partial charge in [-0.3, -0.25) is 5.32 Å². The highest BCUT2D eigenvalue weighted by atomic mass is 35.5. The molecule has 0 saturated carbocycles. The summed E-state index contributed by atoms with van der Waals surface area (Å²) in [7, 11) is 0. The second-order valence-electron chi connectivity index (χ2n) is 3.98. The third-order valence-electron chi connectivity index (χ3n) is 2.60. The lowest BCUT2D eigenvalue weighted by Crippen LogP contribution is -2.15. The molecule has 104 valence electrons. The van der Waals surface area contributed by atoms with Crippen molar-refractivity contribution in [1.29, 1.82) is 0 Å². The van der Waals surface area contributed by atoms with Crippen LogP contribution in [0.25, 0.3) is 0 Å². The molecule has 2 aromatic rings. The van der Waals surface area contributed by atoms with Gasteiger partial charge in [0.25, 0.3) is 0 Å². The van der Waals surface area contributed by atoms with Gasteiger partial charge in [0.1, 0.15) is 6.61 Å². The normalized spacial score (nSPS) is 10.1. The number of aliphatic hydroxyl groups is 1. The number of nitrogens with one attached hydrogen (secondary N) is 1. The minimum absolute atomic E-state index is 0.105. The van der Waals surface area contributed by atoms with Gasteiger partial charge in [0.05, 0.1) is 12.3 Å². The molecule has 6 heteroatoms. The number of halogens is 1. The van der Waals surface area contributed by atoms with Crippen LogP contribution in [0.3, 0.4) is 0 Å². The first-order valence-corrected chi connectivity index (χ1v) is 6.30. The predicted octanol–water partition coefficient (Wildman–Crippen LogP) is 2.98. The average Bonchev–Trinajstić information content (AvgIpc) is 2.48. The summed E-state index contributed by atoms with van der Waals surface area (Å²) < 4.78 is 5.07. The van der Waals surface area contributed by atoms with Crippen LogP contribution in [0.15, 0.2) is 42.6 Å². The van der Waals surface area contributed by atoms with Crippen molar-refractivity contribution >= 4 is 23.4 Å². The highest BCUT2D eigenvalue weighted by Gasteiger charge is 2.12. The molecule has 20 heavy (non-hydrogen) atoms. The molecule has 0 atom stereocenters. The van der Waals surface area contributed by atoms with Gasteiger partial charge in [-0.2, -0.15) is 0 Å². The summed E-state index contributed by atoms with van der Waals surface area (Å²) in [5, 5.41) is 11.8. The van der Waals surface area contributed by atoms with E-state index in [4.69, 9.17) is 16.3 Å². The summed E-state index contributed by atoms with van der Waals surface area (Å²) in [5.41, 5.74) is 1.61. The lowest BCUT2D eigenvalue weighted by molar-refractivity contribution is 0.155. The van der Waals surface area contributed by atoms with Crippen molar-refractivity contribution in [2.45, 2.75) is 13.2 Å². The molecule has 1 aromatic heterocycles. The van der Waals surface area contributed by atoms with E-state index in [0.29, 0.717) is 5.56 Å². The van der Waals surface area contributed by atoms with Crippen LogP contribution in [0.2, 0.25) is 5.15 Å². The van der Waals surface area contributed by atoms with E-state index in [9.17, 15) is 9.90 Å². The fourth-order valence-corrected chi connectivity index (χ4v) is 1.82. The highest BCUT2D eigenvalue weighted by Crippen LogP contribution is 2.23. The van der Waals surface area contributed by atoms with Crippen LogP contribution < -0.4 is 5.32 Å². The summed E-state index contributed by atoms with van der Waals surface area (Å²) in [5.74, 6) is 0. The first kappa shape index (κ1) is 14.3. The molecule has 1 aromatic carbocycles. The van der Waals surface area contributed by atoms with Gasteiger partial charge in [-0.1, -0.05) is 41.9 Å². The Kier molecular flexibility index (Phi) is 4.92. The summed E-state index contributed by atoms with van der Waals surface area (Å²) in [4.78, 5) is 15.5. The van der Waals surface area contributed by atoms with Crippen molar-refractivity contribution in [3.05, 3.63) is 58.9 Å². The maximum absolute atomic E-state index is 11.7. The van der Waals surface area contributed by atoms with Crippen LogP contribution in [-0.2, 0) is 18.0 Å². The molecular formula is C14H13ClN2O3. The maximum Gasteiger partial charge on any atom is 0.412 e. The number of carbonyl (C=O) groups is 1. The number of anilines is 1. The standard InChI is InChI=1S/C14H13ClN2O3/c15-13-12(11(8-18)6-7-16-13)17-14(19)20-9-10-4-2-1-3-5-10/h1-7,18H,8-9H2,(H,17,19). The maximum atomic E-state index is 11.7. The molecule has 0 aliphatic carbocycles. The van der Waals surface area contributed by atoms with E-state index < -0.39 is 6.09 Å². The van der Waals surface area contributed by atoms with Crippen molar-refractivity contribution in [3.63, 3.8) is 0 Å². The number of aliphatic hydroxyl groups excluding tert-OH is 1. The predicted molar refractivity (Wildman–Crippen MR) is 75.4 cm³/mol. The molecule has 0 bridgehead atoms. The van der Waals surface area contributed by atoms with Crippen LogP contribution >= 0.6 is 11.6 Å². The summed E-state index contributed by atoms with van der Waals surface area (Å²) in [6, 6.07) is 10.9. The Morgan fingerprint density at radius 1 is 1.30 bits per heavy atom. The molecule has 0 spiro atoms. The first-order chi connectivity index (χ1) is 9.70. The topological polar surface area (TPSA) is 71.5 Å². The molecule has 0 fully saturated rings. The zero-order valence-electron chi connectivity index (χ0n) is 10.5. The van der Waals surface area contributed by atoms with Gasteiger partial charge in [0.15, 0.2) is 5.15 Å². The van der Waals surface area contributed by atoms with Gasteiger partial charge in [0.2, 0.25) is 0 Å². The second kappa shape index (κ2) is 6.88. The molecule has 2 rings (SSSR count). The van der Waals surface area contributed by atoms with Crippen molar-refractivity contribution in [3.8, 4) is 0 Å².